The highest BCUT2D eigenvalue weighted by atomic mass is 79.9. The lowest BCUT2D eigenvalue weighted by molar-refractivity contribution is 1.14. The van der Waals surface area contributed by atoms with Crippen molar-refractivity contribution in [2.45, 2.75) is 6.92 Å². The van der Waals surface area contributed by atoms with Crippen LogP contribution in [0.1, 0.15) is 10.6 Å². The number of halogens is 1. The van der Waals surface area contributed by atoms with Gasteiger partial charge in [-0.25, -0.2) is 5.01 Å². The van der Waals surface area contributed by atoms with E-state index in [-0.39, 0.29) is 5.11 Å². The number of hydrogen-bond donors (Lipinski definition) is 1. The molecule has 0 saturated carbocycles. The number of nitrogens with zero attached hydrogens (tertiary/aromatic N) is 3. The zero-order chi connectivity index (χ0) is 13.8. The molecule has 19 heavy (non-hydrogen) atoms. The van der Waals surface area contributed by atoms with Crippen molar-refractivity contribution in [3.8, 4) is 0 Å². The summed E-state index contributed by atoms with van der Waals surface area (Å²) in [6.45, 7) is 1.93. The lowest BCUT2D eigenvalue weighted by Gasteiger charge is -2.16. The molecule has 2 aromatic rings. The van der Waals surface area contributed by atoms with Crippen LogP contribution in [0.4, 0.5) is 5.69 Å². The minimum absolute atomic E-state index is 0.194. The van der Waals surface area contributed by atoms with E-state index in [0.29, 0.717) is 0 Å². The summed E-state index contributed by atoms with van der Waals surface area (Å²) in [7, 11) is 0. The minimum atomic E-state index is 0.194. The second-order valence-corrected chi connectivity index (χ2v) is 5.69. The number of aromatic nitrogens is 1. The summed E-state index contributed by atoms with van der Waals surface area (Å²) in [4.78, 5) is 0.926. The number of nitrogens with two attached hydrogens (primary N) is 1. The number of thiocarbonyl (C=S) groups is 1. The fourth-order valence-electron chi connectivity index (χ4n) is 1.39. The first kappa shape index (κ1) is 14.1. The van der Waals surface area contributed by atoms with Crippen molar-refractivity contribution < 1.29 is 0 Å². The van der Waals surface area contributed by atoms with E-state index in [1.807, 2.05) is 37.3 Å². The summed E-state index contributed by atoms with van der Waals surface area (Å²) in [5, 5.41) is 6.03. The number of hydrogen-bond acceptors (Lipinski definition) is 4. The average Bonchev–Trinajstić information content (AvgIpc) is 2.72. The van der Waals surface area contributed by atoms with Gasteiger partial charge in [0.2, 0.25) is 0 Å². The van der Waals surface area contributed by atoms with Gasteiger partial charge in [0.15, 0.2) is 5.11 Å². The van der Waals surface area contributed by atoms with Crippen molar-refractivity contribution >= 4 is 56.7 Å². The molecular weight excluding hydrogens is 344 g/mol. The molecule has 0 fully saturated rings. The van der Waals surface area contributed by atoms with Crippen LogP contribution in [0.25, 0.3) is 0 Å². The molecule has 0 aliphatic rings. The molecule has 2 rings (SSSR count). The Hall–Kier alpha value is -1.31. The number of benzene rings is 1. The van der Waals surface area contributed by atoms with Gasteiger partial charge >= 0.3 is 0 Å². The summed E-state index contributed by atoms with van der Waals surface area (Å²) in [6, 6.07) is 9.52. The lowest BCUT2D eigenvalue weighted by Crippen LogP contribution is -2.30. The Kier molecular flexibility index (Phi) is 4.62. The predicted octanol–water partition coefficient (Wildman–Crippen LogP) is 3.30. The molecule has 0 aliphatic heterocycles. The standard InChI is InChI=1S/C12H11BrN4S2/c1-8-11(13)10(19-16-8)7-15-17(12(14)18)9-5-3-2-4-6-9/h2-7H,1H3,(H2,14,18)/b15-7+. The smallest absolute Gasteiger partial charge is 0.191 e. The minimum Gasteiger partial charge on any atom is -0.374 e. The molecule has 1 aromatic carbocycles. The van der Waals surface area contributed by atoms with Crippen LogP contribution in [-0.2, 0) is 0 Å². The molecule has 0 amide bonds. The van der Waals surface area contributed by atoms with Gasteiger partial charge in [-0.3, -0.25) is 0 Å². The van der Waals surface area contributed by atoms with Gasteiger partial charge in [-0.1, -0.05) is 18.2 Å². The predicted molar refractivity (Wildman–Crippen MR) is 87.9 cm³/mol. The van der Waals surface area contributed by atoms with Crippen LogP contribution in [-0.4, -0.2) is 15.7 Å². The first-order chi connectivity index (χ1) is 9.09. The molecule has 0 atom stereocenters. The molecule has 1 aromatic heterocycles. The van der Waals surface area contributed by atoms with E-state index in [4.69, 9.17) is 18.0 Å². The molecule has 4 nitrogen and oxygen atoms in total. The van der Waals surface area contributed by atoms with Crippen molar-refractivity contribution in [3.63, 3.8) is 0 Å². The molecule has 0 aliphatic carbocycles. The summed E-state index contributed by atoms with van der Waals surface area (Å²) < 4.78 is 5.17. The van der Waals surface area contributed by atoms with Gasteiger partial charge in [-0.05, 0) is 58.7 Å². The van der Waals surface area contributed by atoms with E-state index in [2.05, 4.69) is 25.4 Å². The van der Waals surface area contributed by atoms with Crippen molar-refractivity contribution in [1.82, 2.24) is 4.37 Å². The second-order valence-electron chi connectivity index (χ2n) is 3.68. The Balaban J connectivity index is 2.28. The first-order valence-corrected chi connectivity index (χ1v) is 7.37. The van der Waals surface area contributed by atoms with Gasteiger partial charge in [0.25, 0.3) is 0 Å². The number of rotatable bonds is 3. The zero-order valence-corrected chi connectivity index (χ0v) is 13.3. The first-order valence-electron chi connectivity index (χ1n) is 5.40. The Morgan fingerprint density at radius 2 is 2.16 bits per heavy atom. The van der Waals surface area contributed by atoms with Gasteiger partial charge in [-0.2, -0.15) is 9.47 Å². The topological polar surface area (TPSA) is 54.5 Å². The van der Waals surface area contributed by atoms with Crippen LogP contribution in [0.5, 0.6) is 0 Å². The third-order valence-electron chi connectivity index (χ3n) is 2.31. The zero-order valence-electron chi connectivity index (χ0n) is 10.1. The van der Waals surface area contributed by atoms with E-state index in [1.54, 1.807) is 6.21 Å². The Labute approximate surface area is 129 Å². The number of para-hydroxylation sites is 1. The SMILES string of the molecule is Cc1nsc(/C=N/N(C(N)=S)c2ccccc2)c1Br. The Morgan fingerprint density at radius 1 is 1.47 bits per heavy atom. The summed E-state index contributed by atoms with van der Waals surface area (Å²) in [5.74, 6) is 0. The van der Waals surface area contributed by atoms with Gasteiger partial charge in [-0.15, -0.1) is 0 Å². The Morgan fingerprint density at radius 3 is 2.68 bits per heavy atom. The maximum absolute atomic E-state index is 5.70. The molecular formula is C12H11BrN4S2. The molecule has 0 radical (unpaired) electrons. The fraction of sp³-hybridized carbons (Fsp3) is 0.0833. The van der Waals surface area contributed by atoms with Crippen LogP contribution in [0.2, 0.25) is 0 Å². The van der Waals surface area contributed by atoms with E-state index in [0.717, 1.165) is 20.7 Å². The molecule has 0 spiro atoms. The number of hydrazone groups is 1. The third-order valence-corrected chi connectivity index (χ3v) is 4.62. The van der Waals surface area contributed by atoms with E-state index in [1.165, 1.54) is 16.5 Å². The van der Waals surface area contributed by atoms with E-state index in [9.17, 15) is 0 Å². The van der Waals surface area contributed by atoms with Crippen LogP contribution >= 0.6 is 39.7 Å². The average molecular weight is 355 g/mol. The van der Waals surface area contributed by atoms with Gasteiger partial charge in [0.1, 0.15) is 0 Å². The van der Waals surface area contributed by atoms with E-state index >= 15 is 0 Å². The van der Waals surface area contributed by atoms with Gasteiger partial charge < -0.3 is 5.73 Å². The van der Waals surface area contributed by atoms with Crippen LogP contribution in [0.3, 0.4) is 0 Å². The van der Waals surface area contributed by atoms with E-state index < -0.39 is 0 Å². The molecule has 98 valence electrons. The highest BCUT2D eigenvalue weighted by Crippen LogP contribution is 2.23. The maximum atomic E-state index is 5.70. The third kappa shape index (κ3) is 3.37. The van der Waals surface area contributed by atoms with Crippen molar-refractivity contribution in [1.29, 1.82) is 0 Å². The maximum Gasteiger partial charge on any atom is 0.191 e. The highest BCUT2D eigenvalue weighted by Gasteiger charge is 2.09. The monoisotopic (exact) mass is 354 g/mol. The highest BCUT2D eigenvalue weighted by molar-refractivity contribution is 9.10. The summed E-state index contributed by atoms with van der Waals surface area (Å²) in [5.41, 5.74) is 7.46. The van der Waals surface area contributed by atoms with Gasteiger partial charge in [0.05, 0.1) is 26.9 Å². The molecule has 0 bridgehead atoms. The second kappa shape index (κ2) is 6.23. The van der Waals surface area contributed by atoms with Gasteiger partial charge in [0, 0.05) is 0 Å². The normalized spacial score (nSPS) is 10.8. The molecule has 7 heteroatoms. The van der Waals surface area contributed by atoms with Crippen LogP contribution in [0, 0.1) is 6.92 Å². The molecule has 2 N–H and O–H groups in total. The summed E-state index contributed by atoms with van der Waals surface area (Å²) in [6.07, 6.45) is 1.70. The van der Waals surface area contributed by atoms with Crippen molar-refractivity contribution in [2.24, 2.45) is 10.8 Å². The fourth-order valence-corrected chi connectivity index (χ4v) is 2.71. The van der Waals surface area contributed by atoms with Crippen molar-refractivity contribution in [3.05, 3.63) is 45.4 Å². The molecule has 0 saturated heterocycles. The molecule has 0 unspecified atom stereocenters. The van der Waals surface area contributed by atoms with Crippen LogP contribution < -0.4 is 10.7 Å². The summed E-state index contributed by atoms with van der Waals surface area (Å²) >= 11 is 9.85. The van der Waals surface area contributed by atoms with Crippen LogP contribution in [0.15, 0.2) is 39.9 Å². The largest absolute Gasteiger partial charge is 0.374 e. The number of aryl methyl sites for hydroxylation is 1. The van der Waals surface area contributed by atoms with Crippen molar-refractivity contribution in [2.75, 3.05) is 5.01 Å². The number of anilines is 1. The molecule has 1 heterocycles. The quantitative estimate of drug-likeness (QED) is 0.522. The Bertz CT molecular complexity index is 609. The lowest BCUT2D eigenvalue weighted by atomic mass is 10.3.